The van der Waals surface area contributed by atoms with E-state index in [9.17, 15) is 8.42 Å². The molecule has 1 aliphatic carbocycles. The Bertz CT molecular complexity index is 336. The van der Waals surface area contributed by atoms with Gasteiger partial charge in [0, 0.05) is 19.7 Å². The van der Waals surface area contributed by atoms with E-state index in [0.717, 1.165) is 38.5 Å². The molecule has 100 valence electrons. The van der Waals surface area contributed by atoms with E-state index in [4.69, 9.17) is 5.11 Å². The molecule has 0 radical (unpaired) electrons. The van der Waals surface area contributed by atoms with Gasteiger partial charge in [0.1, 0.15) is 0 Å². The lowest BCUT2D eigenvalue weighted by molar-refractivity contribution is 0.259. The standard InChI is InChI=1S/C12H23NO3S/c14-9-7-11-6-8-13(10-11)17(15,16)12-4-2-1-3-5-12/h11-12,14H,1-10H2. The fourth-order valence-electron chi connectivity index (χ4n) is 3.02. The van der Waals surface area contributed by atoms with E-state index >= 15 is 0 Å². The zero-order valence-corrected chi connectivity index (χ0v) is 11.2. The van der Waals surface area contributed by atoms with Gasteiger partial charge in [0.25, 0.3) is 0 Å². The van der Waals surface area contributed by atoms with Crippen LogP contribution in [-0.4, -0.2) is 42.8 Å². The molecule has 0 spiro atoms. The van der Waals surface area contributed by atoms with Crippen molar-refractivity contribution in [2.75, 3.05) is 19.7 Å². The molecule has 17 heavy (non-hydrogen) atoms. The van der Waals surface area contributed by atoms with Crippen LogP contribution in [0.25, 0.3) is 0 Å². The monoisotopic (exact) mass is 261 g/mol. The molecule has 1 saturated heterocycles. The van der Waals surface area contributed by atoms with Gasteiger partial charge in [-0.05, 0) is 31.6 Å². The Balaban J connectivity index is 1.96. The fourth-order valence-corrected chi connectivity index (χ4v) is 5.15. The lowest BCUT2D eigenvalue weighted by atomic mass is 10.0. The topological polar surface area (TPSA) is 57.6 Å². The first-order valence-corrected chi connectivity index (χ1v) is 8.24. The third kappa shape index (κ3) is 3.01. The molecule has 0 amide bonds. The number of rotatable bonds is 4. The maximum Gasteiger partial charge on any atom is 0.216 e. The Kier molecular flexibility index (Phi) is 4.44. The highest BCUT2D eigenvalue weighted by molar-refractivity contribution is 7.89. The van der Waals surface area contributed by atoms with Crippen LogP contribution in [0.15, 0.2) is 0 Å². The van der Waals surface area contributed by atoms with E-state index in [1.807, 2.05) is 0 Å². The van der Waals surface area contributed by atoms with E-state index in [-0.39, 0.29) is 11.9 Å². The summed E-state index contributed by atoms with van der Waals surface area (Å²) in [7, 11) is -3.06. The first-order chi connectivity index (χ1) is 8.14. The van der Waals surface area contributed by atoms with Gasteiger partial charge >= 0.3 is 0 Å². The summed E-state index contributed by atoms with van der Waals surface area (Å²) in [6.07, 6.45) is 6.60. The Hall–Kier alpha value is -0.130. The Morgan fingerprint density at radius 1 is 1.12 bits per heavy atom. The smallest absolute Gasteiger partial charge is 0.216 e. The van der Waals surface area contributed by atoms with Gasteiger partial charge in [-0.3, -0.25) is 0 Å². The number of aliphatic hydroxyl groups excluding tert-OH is 1. The van der Waals surface area contributed by atoms with Gasteiger partial charge in [0.2, 0.25) is 10.0 Å². The summed E-state index contributed by atoms with van der Waals surface area (Å²) in [6, 6.07) is 0. The van der Waals surface area contributed by atoms with Gasteiger partial charge in [-0.1, -0.05) is 19.3 Å². The second-order valence-electron chi connectivity index (χ2n) is 5.33. The molecule has 1 aliphatic heterocycles. The number of hydrogen-bond acceptors (Lipinski definition) is 3. The fraction of sp³-hybridized carbons (Fsp3) is 1.00. The molecule has 0 aromatic carbocycles. The molecule has 2 fully saturated rings. The van der Waals surface area contributed by atoms with Gasteiger partial charge in [0.15, 0.2) is 0 Å². The van der Waals surface area contributed by atoms with Crippen molar-refractivity contribution >= 4 is 10.0 Å². The van der Waals surface area contributed by atoms with Crippen LogP contribution in [-0.2, 0) is 10.0 Å². The molecule has 2 aliphatic rings. The predicted octanol–water partition coefficient (Wildman–Crippen LogP) is 1.35. The highest BCUT2D eigenvalue weighted by atomic mass is 32.2. The first kappa shape index (κ1) is 13.3. The van der Waals surface area contributed by atoms with Gasteiger partial charge in [-0.15, -0.1) is 0 Å². The minimum atomic E-state index is -3.06. The molecule has 4 nitrogen and oxygen atoms in total. The highest BCUT2D eigenvalue weighted by Gasteiger charge is 2.36. The average molecular weight is 261 g/mol. The molecule has 1 saturated carbocycles. The minimum absolute atomic E-state index is 0.135. The quantitative estimate of drug-likeness (QED) is 0.831. The van der Waals surface area contributed by atoms with Crippen LogP contribution >= 0.6 is 0 Å². The van der Waals surface area contributed by atoms with Crippen LogP contribution in [0.1, 0.15) is 44.9 Å². The second kappa shape index (κ2) is 5.67. The molecule has 0 bridgehead atoms. The zero-order chi connectivity index (χ0) is 12.3. The van der Waals surface area contributed by atoms with Crippen molar-refractivity contribution in [3.05, 3.63) is 0 Å². The highest BCUT2D eigenvalue weighted by Crippen LogP contribution is 2.30. The third-order valence-corrected chi connectivity index (χ3v) is 6.48. The third-order valence-electron chi connectivity index (χ3n) is 4.12. The molecule has 1 atom stereocenters. The molecule has 2 rings (SSSR count). The normalized spacial score (nSPS) is 28.6. The van der Waals surface area contributed by atoms with E-state index in [0.29, 0.717) is 19.0 Å². The van der Waals surface area contributed by atoms with Crippen LogP contribution in [0.4, 0.5) is 0 Å². The average Bonchev–Trinajstić information content (AvgIpc) is 2.80. The Morgan fingerprint density at radius 3 is 2.47 bits per heavy atom. The second-order valence-corrected chi connectivity index (χ2v) is 7.54. The molecule has 1 heterocycles. The summed E-state index contributed by atoms with van der Waals surface area (Å²) >= 11 is 0. The van der Waals surface area contributed by atoms with Crippen molar-refractivity contribution in [3.63, 3.8) is 0 Å². The van der Waals surface area contributed by atoms with Crippen molar-refractivity contribution < 1.29 is 13.5 Å². The van der Waals surface area contributed by atoms with Gasteiger partial charge in [0.05, 0.1) is 5.25 Å². The summed E-state index contributed by atoms with van der Waals surface area (Å²) in [5.41, 5.74) is 0. The SMILES string of the molecule is O=S(=O)(C1CCCCC1)N1CCC(CCO)C1. The lowest BCUT2D eigenvalue weighted by Crippen LogP contribution is -2.38. The van der Waals surface area contributed by atoms with Crippen LogP contribution < -0.4 is 0 Å². The zero-order valence-electron chi connectivity index (χ0n) is 10.3. The summed E-state index contributed by atoms with van der Waals surface area (Å²) in [4.78, 5) is 0. The number of hydrogen-bond donors (Lipinski definition) is 1. The van der Waals surface area contributed by atoms with Crippen molar-refractivity contribution in [2.45, 2.75) is 50.2 Å². The van der Waals surface area contributed by atoms with E-state index in [1.54, 1.807) is 4.31 Å². The van der Waals surface area contributed by atoms with Gasteiger partial charge < -0.3 is 5.11 Å². The van der Waals surface area contributed by atoms with Crippen molar-refractivity contribution in [1.82, 2.24) is 4.31 Å². The lowest BCUT2D eigenvalue weighted by Gasteiger charge is -2.27. The maximum absolute atomic E-state index is 12.4. The largest absolute Gasteiger partial charge is 0.396 e. The van der Waals surface area contributed by atoms with Gasteiger partial charge in [-0.2, -0.15) is 0 Å². The predicted molar refractivity (Wildman–Crippen MR) is 67.2 cm³/mol. The number of aliphatic hydroxyl groups is 1. The Labute approximate surface area is 104 Å². The minimum Gasteiger partial charge on any atom is -0.396 e. The summed E-state index contributed by atoms with van der Waals surface area (Å²) in [6.45, 7) is 1.45. The number of sulfonamides is 1. The molecule has 5 heteroatoms. The molecule has 0 aromatic rings. The van der Waals surface area contributed by atoms with Crippen LogP contribution in [0.3, 0.4) is 0 Å². The summed E-state index contributed by atoms with van der Waals surface area (Å²) in [5, 5.41) is 8.76. The van der Waals surface area contributed by atoms with E-state index in [1.165, 1.54) is 6.42 Å². The Morgan fingerprint density at radius 2 is 1.82 bits per heavy atom. The van der Waals surface area contributed by atoms with Crippen molar-refractivity contribution in [3.8, 4) is 0 Å². The van der Waals surface area contributed by atoms with Crippen LogP contribution in [0.2, 0.25) is 0 Å². The number of nitrogens with zero attached hydrogens (tertiary/aromatic N) is 1. The summed E-state index contributed by atoms with van der Waals surface area (Å²) in [5.74, 6) is 0.360. The molecular weight excluding hydrogens is 238 g/mol. The summed E-state index contributed by atoms with van der Waals surface area (Å²) < 4.78 is 26.5. The molecule has 1 N–H and O–H groups in total. The molecule has 1 unspecified atom stereocenters. The van der Waals surface area contributed by atoms with Crippen molar-refractivity contribution in [2.24, 2.45) is 5.92 Å². The van der Waals surface area contributed by atoms with E-state index < -0.39 is 10.0 Å². The molecular formula is C12H23NO3S. The van der Waals surface area contributed by atoms with E-state index in [2.05, 4.69) is 0 Å². The first-order valence-electron chi connectivity index (χ1n) is 6.74. The maximum atomic E-state index is 12.4. The van der Waals surface area contributed by atoms with Crippen LogP contribution in [0, 0.1) is 5.92 Å². The molecule has 0 aromatic heterocycles. The van der Waals surface area contributed by atoms with Crippen LogP contribution in [0.5, 0.6) is 0 Å². The van der Waals surface area contributed by atoms with Gasteiger partial charge in [-0.25, -0.2) is 12.7 Å². The van der Waals surface area contributed by atoms with Crippen molar-refractivity contribution in [1.29, 1.82) is 0 Å².